The van der Waals surface area contributed by atoms with Gasteiger partial charge in [-0.05, 0) is 38.9 Å². The molecule has 5 heteroatoms. The molecular weight excluding hydrogens is 254 g/mol. The maximum atomic E-state index is 11.4. The van der Waals surface area contributed by atoms with Gasteiger partial charge in [-0.25, -0.2) is 4.98 Å². The molecule has 20 heavy (non-hydrogen) atoms. The van der Waals surface area contributed by atoms with Crippen LogP contribution in [0.4, 0.5) is 0 Å². The summed E-state index contributed by atoms with van der Waals surface area (Å²) in [5, 5.41) is 12.4. The predicted octanol–water partition coefficient (Wildman–Crippen LogP) is 2.19. The molecule has 5 nitrogen and oxygen atoms in total. The molecule has 0 fully saturated rings. The Hall–Kier alpha value is -1.88. The molecule has 1 atom stereocenters. The number of aromatic nitrogens is 2. The molecular formula is C15H21N3O2. The van der Waals surface area contributed by atoms with Crippen LogP contribution in [0.25, 0.3) is 11.0 Å². The number of carboxylic acids is 1. The van der Waals surface area contributed by atoms with E-state index in [1.165, 1.54) is 0 Å². The highest BCUT2D eigenvalue weighted by molar-refractivity contribution is 5.78. The maximum absolute atomic E-state index is 11.4. The first-order valence-corrected chi connectivity index (χ1v) is 6.88. The lowest BCUT2D eigenvalue weighted by Crippen LogP contribution is -2.50. The molecule has 2 N–H and O–H groups in total. The molecule has 1 heterocycles. The van der Waals surface area contributed by atoms with Crippen molar-refractivity contribution in [1.29, 1.82) is 0 Å². The lowest BCUT2D eigenvalue weighted by Gasteiger charge is -2.26. The van der Waals surface area contributed by atoms with Crippen molar-refractivity contribution in [2.45, 2.75) is 39.3 Å². The van der Waals surface area contributed by atoms with E-state index in [1.807, 2.05) is 38.1 Å². The zero-order chi connectivity index (χ0) is 14.8. The SMILES string of the molecule is CCNC(C)(CCn1c(C)nc2ccccc21)C(=O)O. The van der Waals surface area contributed by atoms with Crippen LogP contribution >= 0.6 is 0 Å². The van der Waals surface area contributed by atoms with E-state index in [9.17, 15) is 9.90 Å². The minimum atomic E-state index is -0.910. The number of hydrogen-bond donors (Lipinski definition) is 2. The van der Waals surface area contributed by atoms with E-state index >= 15 is 0 Å². The second-order valence-corrected chi connectivity index (χ2v) is 5.22. The number of likely N-dealkylation sites (N-methyl/N-ethyl adjacent to an activating group) is 1. The van der Waals surface area contributed by atoms with Gasteiger partial charge in [-0.1, -0.05) is 19.1 Å². The smallest absolute Gasteiger partial charge is 0.323 e. The van der Waals surface area contributed by atoms with Crippen LogP contribution in [0.5, 0.6) is 0 Å². The van der Waals surface area contributed by atoms with E-state index in [2.05, 4.69) is 14.9 Å². The molecule has 0 aliphatic heterocycles. The number of carboxylic acid groups (broad SMARTS) is 1. The Morgan fingerprint density at radius 1 is 1.45 bits per heavy atom. The number of nitrogens with zero attached hydrogens (tertiary/aromatic N) is 2. The van der Waals surface area contributed by atoms with Gasteiger partial charge < -0.3 is 15.0 Å². The van der Waals surface area contributed by atoms with E-state index in [4.69, 9.17) is 0 Å². The summed E-state index contributed by atoms with van der Waals surface area (Å²) < 4.78 is 2.08. The van der Waals surface area contributed by atoms with Crippen LogP contribution in [0, 0.1) is 6.92 Å². The number of rotatable bonds is 6. The summed E-state index contributed by atoms with van der Waals surface area (Å²) in [6.45, 7) is 6.85. The van der Waals surface area contributed by atoms with Crippen molar-refractivity contribution in [2.24, 2.45) is 0 Å². The van der Waals surface area contributed by atoms with Crippen molar-refractivity contribution in [3.63, 3.8) is 0 Å². The second kappa shape index (κ2) is 5.63. The molecule has 0 amide bonds. The molecule has 0 aliphatic carbocycles. The van der Waals surface area contributed by atoms with E-state index in [0.29, 0.717) is 19.5 Å². The minimum Gasteiger partial charge on any atom is -0.480 e. The number of benzene rings is 1. The van der Waals surface area contributed by atoms with Crippen molar-refractivity contribution < 1.29 is 9.90 Å². The van der Waals surface area contributed by atoms with Crippen molar-refractivity contribution in [3.8, 4) is 0 Å². The first-order valence-electron chi connectivity index (χ1n) is 6.88. The fraction of sp³-hybridized carbons (Fsp3) is 0.467. The third-order valence-corrected chi connectivity index (χ3v) is 3.72. The summed E-state index contributed by atoms with van der Waals surface area (Å²) in [4.78, 5) is 15.9. The monoisotopic (exact) mass is 275 g/mol. The molecule has 0 spiro atoms. The number of nitrogens with one attached hydrogen (secondary N) is 1. The minimum absolute atomic E-state index is 0.511. The molecule has 2 rings (SSSR count). The molecule has 1 unspecified atom stereocenters. The molecule has 2 aromatic rings. The van der Waals surface area contributed by atoms with Crippen LogP contribution in [0.3, 0.4) is 0 Å². The Morgan fingerprint density at radius 3 is 2.80 bits per heavy atom. The predicted molar refractivity (Wildman–Crippen MR) is 78.8 cm³/mol. The summed E-state index contributed by atoms with van der Waals surface area (Å²) in [5.74, 6) is 0.0943. The molecule has 0 radical (unpaired) electrons. The Morgan fingerprint density at radius 2 is 2.15 bits per heavy atom. The summed E-state index contributed by atoms with van der Waals surface area (Å²) >= 11 is 0. The normalized spacial score (nSPS) is 14.3. The van der Waals surface area contributed by atoms with Crippen molar-refractivity contribution in [1.82, 2.24) is 14.9 Å². The fourth-order valence-electron chi connectivity index (χ4n) is 2.47. The maximum Gasteiger partial charge on any atom is 0.323 e. The van der Waals surface area contributed by atoms with Gasteiger partial charge in [-0.3, -0.25) is 4.79 Å². The number of aliphatic carboxylic acids is 1. The van der Waals surface area contributed by atoms with Gasteiger partial charge in [-0.2, -0.15) is 0 Å². The molecule has 0 aliphatic rings. The molecule has 1 aromatic carbocycles. The summed E-state index contributed by atoms with van der Waals surface area (Å²) in [7, 11) is 0. The highest BCUT2D eigenvalue weighted by Crippen LogP contribution is 2.19. The highest BCUT2D eigenvalue weighted by atomic mass is 16.4. The molecule has 0 bridgehead atoms. The molecule has 1 aromatic heterocycles. The van der Waals surface area contributed by atoms with Gasteiger partial charge in [0, 0.05) is 6.54 Å². The number of fused-ring (bicyclic) bond motifs is 1. The molecule has 0 saturated carbocycles. The van der Waals surface area contributed by atoms with Crippen LogP contribution < -0.4 is 5.32 Å². The van der Waals surface area contributed by atoms with Gasteiger partial charge in [0.15, 0.2) is 0 Å². The summed E-state index contributed by atoms with van der Waals surface area (Å²) in [6.07, 6.45) is 0.511. The summed E-state index contributed by atoms with van der Waals surface area (Å²) in [5.41, 5.74) is 1.09. The van der Waals surface area contributed by atoms with Gasteiger partial charge in [0.2, 0.25) is 0 Å². The number of imidazole rings is 1. The van der Waals surface area contributed by atoms with E-state index in [1.54, 1.807) is 6.92 Å². The van der Waals surface area contributed by atoms with Gasteiger partial charge >= 0.3 is 5.97 Å². The number of para-hydroxylation sites is 2. The van der Waals surface area contributed by atoms with Crippen LogP contribution in [0.2, 0.25) is 0 Å². The Labute approximate surface area is 118 Å². The third-order valence-electron chi connectivity index (χ3n) is 3.72. The molecule has 0 saturated heterocycles. The van der Waals surface area contributed by atoms with Crippen molar-refractivity contribution >= 4 is 17.0 Å². The third kappa shape index (κ3) is 2.67. The van der Waals surface area contributed by atoms with Crippen LogP contribution in [-0.2, 0) is 11.3 Å². The first-order chi connectivity index (χ1) is 9.48. The Kier molecular flexibility index (Phi) is 4.09. The Bertz CT molecular complexity index is 621. The number of carbonyl (C=O) groups is 1. The highest BCUT2D eigenvalue weighted by Gasteiger charge is 2.31. The number of hydrogen-bond acceptors (Lipinski definition) is 3. The topological polar surface area (TPSA) is 67.2 Å². The second-order valence-electron chi connectivity index (χ2n) is 5.22. The Balaban J connectivity index is 2.24. The van der Waals surface area contributed by atoms with Gasteiger partial charge in [-0.15, -0.1) is 0 Å². The van der Waals surface area contributed by atoms with E-state index < -0.39 is 11.5 Å². The van der Waals surface area contributed by atoms with Crippen LogP contribution in [0.15, 0.2) is 24.3 Å². The van der Waals surface area contributed by atoms with Crippen LogP contribution in [0.1, 0.15) is 26.1 Å². The van der Waals surface area contributed by atoms with Gasteiger partial charge in [0.05, 0.1) is 11.0 Å². The lowest BCUT2D eigenvalue weighted by molar-refractivity contribution is -0.144. The largest absolute Gasteiger partial charge is 0.480 e. The standard InChI is InChI=1S/C15H21N3O2/c1-4-16-15(3,14(19)20)9-10-18-11(2)17-12-7-5-6-8-13(12)18/h5-8,16H,4,9-10H2,1-3H3,(H,19,20). The molecule has 108 valence electrons. The van der Waals surface area contributed by atoms with E-state index in [0.717, 1.165) is 16.9 Å². The fourth-order valence-corrected chi connectivity index (χ4v) is 2.47. The summed E-state index contributed by atoms with van der Waals surface area (Å²) in [6, 6.07) is 7.92. The number of aryl methyl sites for hydroxylation is 2. The van der Waals surface area contributed by atoms with Crippen molar-refractivity contribution in [3.05, 3.63) is 30.1 Å². The average Bonchev–Trinajstić information content (AvgIpc) is 2.72. The lowest BCUT2D eigenvalue weighted by atomic mass is 9.98. The van der Waals surface area contributed by atoms with Gasteiger partial charge in [0.25, 0.3) is 0 Å². The van der Waals surface area contributed by atoms with Crippen LogP contribution in [-0.4, -0.2) is 32.7 Å². The first kappa shape index (κ1) is 14.5. The van der Waals surface area contributed by atoms with Gasteiger partial charge in [0.1, 0.15) is 11.4 Å². The quantitative estimate of drug-likeness (QED) is 0.848. The van der Waals surface area contributed by atoms with E-state index in [-0.39, 0.29) is 0 Å². The van der Waals surface area contributed by atoms with Crippen molar-refractivity contribution in [2.75, 3.05) is 6.54 Å². The average molecular weight is 275 g/mol. The zero-order valence-corrected chi connectivity index (χ0v) is 12.2. The zero-order valence-electron chi connectivity index (χ0n) is 12.2.